The van der Waals surface area contributed by atoms with Crippen molar-refractivity contribution in [3.63, 3.8) is 0 Å². The lowest BCUT2D eigenvalue weighted by Crippen LogP contribution is -2.45. The van der Waals surface area contributed by atoms with Gasteiger partial charge in [-0.1, -0.05) is 181 Å². The molecule has 5 aliphatic carbocycles. The van der Waals surface area contributed by atoms with Crippen molar-refractivity contribution in [2.45, 2.75) is 231 Å². The molecule has 5 fully saturated rings. The fraction of sp³-hybridized carbons (Fsp3) is 0.605. The number of hydrogen-bond acceptors (Lipinski definition) is 16. The number of benzene rings is 5. The summed E-state index contributed by atoms with van der Waals surface area (Å²) in [6.07, 6.45) is 25.5. The van der Waals surface area contributed by atoms with E-state index in [1.54, 1.807) is 41.4 Å². The van der Waals surface area contributed by atoms with E-state index in [0.29, 0.717) is 19.6 Å². The zero-order valence-electron chi connectivity index (χ0n) is 56.2. The van der Waals surface area contributed by atoms with Gasteiger partial charge in [0.15, 0.2) is 0 Å². The number of phenolic OH excluding ortho intramolecular Hbond substituents is 3. The first-order valence-corrected chi connectivity index (χ1v) is 34.6. The average Bonchev–Trinajstić information content (AvgIpc) is 0.884. The molecule has 0 radical (unpaired) electrons. The van der Waals surface area contributed by atoms with Crippen LogP contribution in [0.2, 0.25) is 0 Å². The molecule has 0 heterocycles. The summed E-state index contributed by atoms with van der Waals surface area (Å²) < 4.78 is 0. The van der Waals surface area contributed by atoms with Crippen LogP contribution in [0.1, 0.15) is 229 Å². The Bertz CT molecular complexity index is 2710. The molecule has 16 heteroatoms. The number of nitrogens with one attached hydrogen (secondary N) is 1. The highest BCUT2D eigenvalue weighted by Gasteiger charge is 2.43. The van der Waals surface area contributed by atoms with E-state index in [1.807, 2.05) is 113 Å². The van der Waals surface area contributed by atoms with Gasteiger partial charge in [0.2, 0.25) is 0 Å². The summed E-state index contributed by atoms with van der Waals surface area (Å²) in [5.41, 5.74) is 15.8. The highest BCUT2D eigenvalue weighted by atomic mass is 16.3. The fourth-order valence-electron chi connectivity index (χ4n) is 15.4. The van der Waals surface area contributed by atoms with E-state index >= 15 is 0 Å². The van der Waals surface area contributed by atoms with Crippen LogP contribution in [0.15, 0.2) is 121 Å². The molecule has 5 aromatic carbocycles. The summed E-state index contributed by atoms with van der Waals surface area (Å²) in [6, 6.07) is 37.2. The quantitative estimate of drug-likeness (QED) is 0.0255. The maximum Gasteiger partial charge on any atom is 0.115 e. The van der Waals surface area contributed by atoms with Gasteiger partial charge in [-0.15, -0.1) is 0 Å². The molecular formula is C76H118N6O10. The van der Waals surface area contributed by atoms with Crippen LogP contribution in [0, 0.1) is 0 Å². The van der Waals surface area contributed by atoms with Crippen LogP contribution in [0.3, 0.4) is 0 Å². The molecule has 512 valence electrons. The van der Waals surface area contributed by atoms with Crippen LogP contribution < -0.4 is 22.6 Å². The minimum atomic E-state index is -0.678. The molecule has 16 nitrogen and oxygen atoms in total. The first-order valence-electron chi connectivity index (χ1n) is 34.6. The van der Waals surface area contributed by atoms with Gasteiger partial charge >= 0.3 is 0 Å². The first kappa shape index (κ1) is 76.0. The lowest BCUT2D eigenvalue weighted by molar-refractivity contribution is -0.0294. The van der Waals surface area contributed by atoms with E-state index in [4.69, 9.17) is 27.5 Å². The summed E-state index contributed by atoms with van der Waals surface area (Å²) in [5.74, 6) is 6.79. The SMILES string of the molecule is CN(C)C[C@@H](c1ccc(O)cc1)C1(O)CCCCC1.CN(N)C[C@@H](c1ccc(O)cc1)C1(O)CCCCC1.CNC[C@@H](c1ccc(CO)cc1)C1(O)CCCCC1.NC[C@@H](c1ccc(CO)cc1)C1(O)CCCCC1.NC[C@@H](c1ccc(O)cc1)C1(O)CCCCC1. The third kappa shape index (κ3) is 22.3. The van der Waals surface area contributed by atoms with Gasteiger partial charge in [-0.25, -0.2) is 5.01 Å². The molecule has 0 saturated heterocycles. The van der Waals surface area contributed by atoms with Gasteiger partial charge < -0.3 is 72.7 Å². The third-order valence-electron chi connectivity index (χ3n) is 20.8. The molecule has 0 aliphatic heterocycles. The number of phenols is 3. The average molecular weight is 1280 g/mol. The van der Waals surface area contributed by atoms with Gasteiger partial charge in [0.1, 0.15) is 17.2 Å². The normalized spacial score (nSPS) is 20.5. The fourth-order valence-corrected chi connectivity index (χ4v) is 15.4. The van der Waals surface area contributed by atoms with Crippen LogP contribution >= 0.6 is 0 Å². The summed E-state index contributed by atoms with van der Waals surface area (Å²) in [7, 11) is 7.83. The monoisotopic (exact) mass is 1270 g/mol. The number of aromatic hydroxyl groups is 3. The highest BCUT2D eigenvalue weighted by Crippen LogP contribution is 2.45. The van der Waals surface area contributed by atoms with Crippen molar-refractivity contribution in [3.05, 3.63) is 160 Å². The third-order valence-corrected chi connectivity index (χ3v) is 20.8. The molecule has 17 N–H and O–H groups in total. The Kier molecular flexibility index (Phi) is 30.8. The second-order valence-corrected chi connectivity index (χ2v) is 27.9. The predicted molar refractivity (Wildman–Crippen MR) is 370 cm³/mol. The van der Waals surface area contributed by atoms with Crippen molar-refractivity contribution >= 4 is 0 Å². The number of nitrogens with two attached hydrogens (primary N) is 3. The molecule has 5 aromatic rings. The smallest absolute Gasteiger partial charge is 0.115 e. The van der Waals surface area contributed by atoms with Gasteiger partial charge in [-0.3, -0.25) is 5.84 Å². The zero-order valence-corrected chi connectivity index (χ0v) is 56.2. The second-order valence-electron chi connectivity index (χ2n) is 27.9. The number of aliphatic hydroxyl groups excluding tert-OH is 2. The predicted octanol–water partition coefficient (Wildman–Crippen LogP) is 10.9. The highest BCUT2D eigenvalue weighted by molar-refractivity contribution is 5.34. The van der Waals surface area contributed by atoms with E-state index in [-0.39, 0.29) is 60.1 Å². The second kappa shape index (κ2) is 37.3. The van der Waals surface area contributed by atoms with E-state index in [1.165, 1.54) is 32.1 Å². The van der Waals surface area contributed by atoms with Crippen molar-refractivity contribution in [3.8, 4) is 17.2 Å². The van der Waals surface area contributed by atoms with Gasteiger partial charge in [0.05, 0.1) is 41.2 Å². The number of rotatable bonds is 20. The molecule has 0 aromatic heterocycles. The van der Waals surface area contributed by atoms with Gasteiger partial charge in [-0.05, 0) is 161 Å². The minimum Gasteiger partial charge on any atom is -0.508 e. The number of nitrogens with zero attached hydrogens (tertiary/aromatic N) is 2. The van der Waals surface area contributed by atoms with Crippen LogP contribution in [0.4, 0.5) is 0 Å². The Morgan fingerprint density at radius 3 is 0.826 bits per heavy atom. The summed E-state index contributed by atoms with van der Waals surface area (Å²) in [4.78, 5) is 2.13. The minimum absolute atomic E-state index is 0.00513. The van der Waals surface area contributed by atoms with Crippen LogP contribution in [-0.2, 0) is 13.2 Å². The molecule has 92 heavy (non-hydrogen) atoms. The summed E-state index contributed by atoms with van der Waals surface area (Å²) in [6.45, 7) is 3.27. The van der Waals surface area contributed by atoms with Crippen LogP contribution in [0.5, 0.6) is 17.2 Å². The Morgan fingerprint density at radius 2 is 0.587 bits per heavy atom. The first-order chi connectivity index (χ1) is 44.1. The van der Waals surface area contributed by atoms with Crippen LogP contribution in [0.25, 0.3) is 0 Å². The molecule has 5 aliphatic rings. The van der Waals surface area contributed by atoms with Crippen molar-refractivity contribution < 1.29 is 51.1 Å². The van der Waals surface area contributed by atoms with Crippen molar-refractivity contribution in [2.75, 3.05) is 60.9 Å². The molecule has 0 unspecified atom stereocenters. The maximum absolute atomic E-state index is 11.0. The van der Waals surface area contributed by atoms with Gasteiger partial charge in [0, 0.05) is 69.4 Å². The van der Waals surface area contributed by atoms with Crippen molar-refractivity contribution in [2.24, 2.45) is 17.3 Å². The van der Waals surface area contributed by atoms with E-state index in [2.05, 4.69) is 10.2 Å². The molecule has 0 bridgehead atoms. The Balaban J connectivity index is 0.000000183. The molecule has 5 atom stereocenters. The number of hydrazine groups is 1. The summed E-state index contributed by atoms with van der Waals surface area (Å²) in [5, 5.41) is 106. The Labute approximate surface area is 550 Å². The summed E-state index contributed by atoms with van der Waals surface area (Å²) >= 11 is 0. The molecule has 5 saturated carbocycles. The topological polar surface area (TPSA) is 299 Å². The van der Waals surface area contributed by atoms with E-state index < -0.39 is 28.0 Å². The maximum atomic E-state index is 11.0. The lowest BCUT2D eigenvalue weighted by Gasteiger charge is -2.40. The number of hydrogen-bond donors (Lipinski definition) is 14. The standard InChI is InChI=1S/2C16H25NO2.C15H24N2O2.C15H23NO2.C14H21NO2/c1-17(2)12-15(13-6-8-14(18)9-7-13)16(19)10-4-3-5-11-16;1-17-11-15(16(19)9-3-2-4-10-16)14-7-5-13(12-18)6-8-14;1-17(16)11-14(12-5-7-13(18)8-6-12)15(19)9-3-2-4-10-15;16-10-14(15(18)8-2-1-3-9-15)13-6-4-12(11-17)5-7-13;15-10-13(11-4-6-12(16)7-5-11)14(17)8-2-1-3-9-14/h6-9,15,18-19H,3-5,10-12H2,1-2H3;5-8,15,17-19H,2-4,9-12H2,1H3;5-8,14,18-19H,2-4,9-11,16H2,1H3;4-7,14,17-18H,1-3,8-11,16H2;4-7,13,16-17H,1-3,8-10,15H2/t2*15-;2*14-;13-/m00000/s1. The molecular weight excluding hydrogens is 1160 g/mol. The molecule has 0 spiro atoms. The lowest BCUT2D eigenvalue weighted by atomic mass is 9.72. The van der Waals surface area contributed by atoms with E-state index in [9.17, 15) is 40.9 Å². The zero-order chi connectivity index (χ0) is 66.8. The van der Waals surface area contributed by atoms with Crippen molar-refractivity contribution in [1.82, 2.24) is 15.2 Å². The van der Waals surface area contributed by atoms with Crippen LogP contribution in [-0.4, -0.2) is 150 Å². The number of likely N-dealkylation sites (N-methyl/N-ethyl adjacent to an activating group) is 3. The van der Waals surface area contributed by atoms with E-state index in [0.717, 1.165) is 180 Å². The van der Waals surface area contributed by atoms with Gasteiger partial charge in [-0.2, -0.15) is 0 Å². The van der Waals surface area contributed by atoms with Gasteiger partial charge in [0.25, 0.3) is 0 Å². The largest absolute Gasteiger partial charge is 0.508 e. The molecule has 10 rings (SSSR count). The molecule has 0 amide bonds. The van der Waals surface area contributed by atoms with Crippen molar-refractivity contribution in [1.29, 1.82) is 0 Å². The Morgan fingerprint density at radius 1 is 0.359 bits per heavy atom. The Hall–Kier alpha value is -5.02. The number of aliphatic hydroxyl groups is 7.